The lowest BCUT2D eigenvalue weighted by Gasteiger charge is -2.25. The molecule has 1 atom stereocenters. The first-order chi connectivity index (χ1) is 16.2. The number of benzene rings is 1. The van der Waals surface area contributed by atoms with Crippen molar-refractivity contribution in [1.29, 1.82) is 0 Å². The molecule has 4 rings (SSSR count). The molecule has 0 bridgehead atoms. The summed E-state index contributed by atoms with van der Waals surface area (Å²) in [6, 6.07) is 8.90. The zero-order valence-electron chi connectivity index (χ0n) is 18.8. The van der Waals surface area contributed by atoms with Crippen molar-refractivity contribution in [2.75, 3.05) is 7.11 Å². The number of carbonyl (C=O) groups excluding carboxylic acids is 1. The predicted molar refractivity (Wildman–Crippen MR) is 123 cm³/mol. The first kappa shape index (κ1) is 23.2. The zero-order valence-corrected chi connectivity index (χ0v) is 19.6. The van der Waals surface area contributed by atoms with E-state index in [4.69, 9.17) is 13.9 Å². The molecular formula is C23H21N3O7S. The van der Waals surface area contributed by atoms with Crippen LogP contribution in [0, 0.1) is 10.1 Å². The van der Waals surface area contributed by atoms with E-state index in [2.05, 4.69) is 4.99 Å². The van der Waals surface area contributed by atoms with Crippen molar-refractivity contribution in [2.45, 2.75) is 32.9 Å². The van der Waals surface area contributed by atoms with Crippen LogP contribution in [0.2, 0.25) is 0 Å². The SMILES string of the molecule is COc1cccc([C@@H]2C(C(=O)OC(C)C)=C(C)N=c3s/c(=C/c4ccc([N+](=O)[O-])o4)c(=O)n32)c1. The van der Waals surface area contributed by atoms with Crippen LogP contribution in [0.1, 0.15) is 38.1 Å². The monoisotopic (exact) mass is 483 g/mol. The van der Waals surface area contributed by atoms with Gasteiger partial charge in [-0.2, -0.15) is 0 Å². The summed E-state index contributed by atoms with van der Waals surface area (Å²) in [6.07, 6.45) is 1.06. The number of esters is 1. The summed E-state index contributed by atoms with van der Waals surface area (Å²) in [7, 11) is 1.53. The van der Waals surface area contributed by atoms with Gasteiger partial charge in [-0.05, 0) is 44.5 Å². The van der Waals surface area contributed by atoms with Crippen molar-refractivity contribution in [2.24, 2.45) is 4.99 Å². The average Bonchev–Trinajstić information content (AvgIpc) is 3.37. The number of ether oxygens (including phenoxy) is 2. The molecule has 0 N–H and O–H groups in total. The molecule has 176 valence electrons. The van der Waals surface area contributed by atoms with Gasteiger partial charge < -0.3 is 13.9 Å². The molecule has 3 aromatic rings. The van der Waals surface area contributed by atoms with Crippen LogP contribution in [0.4, 0.5) is 5.88 Å². The number of hydrogen-bond acceptors (Lipinski definition) is 9. The number of fused-ring (bicyclic) bond motifs is 1. The van der Waals surface area contributed by atoms with E-state index in [1.165, 1.54) is 29.9 Å². The molecule has 11 heteroatoms. The molecule has 0 fully saturated rings. The van der Waals surface area contributed by atoms with Crippen molar-refractivity contribution < 1.29 is 23.6 Å². The van der Waals surface area contributed by atoms with Crippen molar-refractivity contribution in [1.82, 2.24) is 4.57 Å². The number of thiazole rings is 1. The molecule has 0 unspecified atom stereocenters. The summed E-state index contributed by atoms with van der Waals surface area (Å²) in [4.78, 5) is 41.7. The highest BCUT2D eigenvalue weighted by molar-refractivity contribution is 7.07. The molecule has 0 spiro atoms. The Hall–Kier alpha value is -3.99. The summed E-state index contributed by atoms with van der Waals surface area (Å²) in [5, 5.41) is 10.9. The van der Waals surface area contributed by atoms with Crippen LogP contribution >= 0.6 is 11.3 Å². The number of nitro groups is 1. The Bertz CT molecular complexity index is 1490. The fraction of sp³-hybridized carbons (Fsp3) is 0.261. The molecule has 0 saturated carbocycles. The maximum atomic E-state index is 13.5. The van der Waals surface area contributed by atoms with Gasteiger partial charge in [-0.3, -0.25) is 19.5 Å². The van der Waals surface area contributed by atoms with E-state index in [9.17, 15) is 19.7 Å². The Morgan fingerprint density at radius 1 is 1.32 bits per heavy atom. The maximum Gasteiger partial charge on any atom is 0.433 e. The zero-order chi connectivity index (χ0) is 24.6. The summed E-state index contributed by atoms with van der Waals surface area (Å²) in [6.45, 7) is 5.18. The standard InChI is InChI=1S/C23H21N3O7S/c1-12(2)32-22(28)19-13(3)24-23-25(20(19)14-6-5-7-15(10-14)31-4)21(27)17(34-23)11-16-8-9-18(33-16)26(29)30/h5-12,20H,1-4H3/b17-11+/t20-/m1/s1. The Kier molecular flexibility index (Phi) is 6.20. The van der Waals surface area contributed by atoms with Gasteiger partial charge in [-0.1, -0.05) is 23.5 Å². The fourth-order valence-corrected chi connectivity index (χ4v) is 4.66. The topological polar surface area (TPSA) is 126 Å². The maximum absolute atomic E-state index is 13.5. The van der Waals surface area contributed by atoms with E-state index in [0.29, 0.717) is 21.8 Å². The Morgan fingerprint density at radius 2 is 2.09 bits per heavy atom. The lowest BCUT2D eigenvalue weighted by Crippen LogP contribution is -2.40. The third kappa shape index (κ3) is 4.29. The lowest BCUT2D eigenvalue weighted by molar-refractivity contribution is -0.402. The lowest BCUT2D eigenvalue weighted by atomic mass is 9.95. The Morgan fingerprint density at radius 3 is 2.74 bits per heavy atom. The average molecular weight is 484 g/mol. The molecule has 0 amide bonds. The first-order valence-electron chi connectivity index (χ1n) is 10.3. The fourth-order valence-electron chi connectivity index (χ4n) is 3.63. The van der Waals surface area contributed by atoms with Crippen molar-refractivity contribution in [3.63, 3.8) is 0 Å². The van der Waals surface area contributed by atoms with Crippen LogP contribution in [0.25, 0.3) is 6.08 Å². The van der Waals surface area contributed by atoms with Crippen molar-refractivity contribution in [3.8, 4) is 5.75 Å². The van der Waals surface area contributed by atoms with E-state index in [0.717, 1.165) is 11.3 Å². The van der Waals surface area contributed by atoms with Gasteiger partial charge in [0.25, 0.3) is 5.56 Å². The summed E-state index contributed by atoms with van der Waals surface area (Å²) in [5.74, 6) is -0.276. The van der Waals surface area contributed by atoms with Crippen LogP contribution in [0.15, 0.2) is 61.9 Å². The third-order valence-corrected chi connectivity index (χ3v) is 6.04. The van der Waals surface area contributed by atoms with Gasteiger partial charge in [0.2, 0.25) is 0 Å². The largest absolute Gasteiger partial charge is 0.497 e. The molecule has 1 aliphatic rings. The first-order valence-corrected chi connectivity index (χ1v) is 11.1. The number of hydrogen-bond donors (Lipinski definition) is 0. The number of furan rings is 1. The number of methoxy groups -OCH3 is 1. The molecule has 1 aliphatic heterocycles. The van der Waals surface area contributed by atoms with Crippen LogP contribution in [-0.2, 0) is 9.53 Å². The second-order valence-corrected chi connectivity index (χ2v) is 8.75. The molecule has 34 heavy (non-hydrogen) atoms. The van der Waals surface area contributed by atoms with Gasteiger partial charge in [0.05, 0.1) is 41.1 Å². The molecule has 3 heterocycles. The highest BCUT2D eigenvalue weighted by atomic mass is 32.1. The highest BCUT2D eigenvalue weighted by Crippen LogP contribution is 2.32. The minimum atomic E-state index is -0.800. The number of carbonyl (C=O) groups is 1. The number of nitrogens with zero attached hydrogens (tertiary/aromatic N) is 3. The van der Waals surface area contributed by atoms with Gasteiger partial charge in [-0.15, -0.1) is 0 Å². The summed E-state index contributed by atoms with van der Waals surface area (Å²) in [5.41, 5.74) is 0.901. The number of allylic oxidation sites excluding steroid dienone is 1. The highest BCUT2D eigenvalue weighted by Gasteiger charge is 2.34. The minimum Gasteiger partial charge on any atom is -0.497 e. The minimum absolute atomic E-state index is 0.157. The van der Waals surface area contributed by atoms with Gasteiger partial charge in [-0.25, -0.2) is 9.79 Å². The smallest absolute Gasteiger partial charge is 0.433 e. The van der Waals surface area contributed by atoms with E-state index >= 15 is 0 Å². The summed E-state index contributed by atoms with van der Waals surface area (Å²) < 4.78 is 17.7. The second-order valence-electron chi connectivity index (χ2n) is 7.75. The van der Waals surface area contributed by atoms with Crippen molar-refractivity contribution >= 4 is 29.3 Å². The Balaban J connectivity index is 1.93. The van der Waals surface area contributed by atoms with Crippen LogP contribution in [0.5, 0.6) is 5.75 Å². The molecule has 0 radical (unpaired) electrons. The predicted octanol–water partition coefficient (Wildman–Crippen LogP) is 2.70. The number of rotatable bonds is 6. The quantitative estimate of drug-likeness (QED) is 0.300. The molecule has 10 nitrogen and oxygen atoms in total. The van der Waals surface area contributed by atoms with Crippen molar-refractivity contribution in [3.05, 3.63) is 88.8 Å². The normalized spacial score (nSPS) is 15.8. The third-order valence-electron chi connectivity index (χ3n) is 5.06. The van der Waals surface area contributed by atoms with Crippen LogP contribution < -0.4 is 19.6 Å². The molecule has 0 saturated heterocycles. The van der Waals surface area contributed by atoms with Gasteiger partial charge in [0, 0.05) is 6.08 Å². The van der Waals surface area contributed by atoms with E-state index in [1.54, 1.807) is 45.0 Å². The van der Waals surface area contributed by atoms with E-state index in [-0.39, 0.29) is 22.0 Å². The summed E-state index contributed by atoms with van der Waals surface area (Å²) >= 11 is 1.10. The van der Waals surface area contributed by atoms with E-state index in [1.807, 2.05) is 0 Å². The number of aromatic nitrogens is 1. The Labute approximate surface area is 197 Å². The second kappa shape index (κ2) is 9.10. The van der Waals surface area contributed by atoms with Gasteiger partial charge in [0.15, 0.2) is 4.80 Å². The molecule has 1 aromatic carbocycles. The van der Waals surface area contributed by atoms with Crippen LogP contribution in [0.3, 0.4) is 0 Å². The molecule has 2 aromatic heterocycles. The van der Waals surface area contributed by atoms with Gasteiger partial charge in [0.1, 0.15) is 16.4 Å². The van der Waals surface area contributed by atoms with Crippen LogP contribution in [-0.4, -0.2) is 28.7 Å². The molecule has 0 aliphatic carbocycles. The van der Waals surface area contributed by atoms with Gasteiger partial charge >= 0.3 is 11.9 Å². The van der Waals surface area contributed by atoms with E-state index < -0.39 is 28.4 Å². The molecular weight excluding hydrogens is 462 g/mol.